The highest BCUT2D eigenvalue weighted by atomic mass is 16.3. The molecule has 0 radical (unpaired) electrons. The van der Waals surface area contributed by atoms with Crippen LogP contribution in [0.4, 0.5) is 5.82 Å². The Morgan fingerprint density at radius 1 is 1.43 bits per heavy atom. The van der Waals surface area contributed by atoms with Crippen LogP contribution in [-0.4, -0.2) is 22.2 Å². The van der Waals surface area contributed by atoms with Crippen LogP contribution in [0.5, 0.6) is 0 Å². The van der Waals surface area contributed by atoms with Crippen LogP contribution in [-0.2, 0) is 0 Å². The summed E-state index contributed by atoms with van der Waals surface area (Å²) in [6.07, 6.45) is 0.456. The molecule has 2 N–H and O–H groups in total. The topological polar surface area (TPSA) is 45.1 Å². The molecule has 0 amide bonds. The van der Waals surface area contributed by atoms with Crippen molar-refractivity contribution in [1.82, 2.24) is 4.98 Å². The predicted octanol–water partition coefficient (Wildman–Crippen LogP) is 1.96. The smallest absolute Gasteiger partial charge is 0.126 e. The van der Waals surface area contributed by atoms with Gasteiger partial charge in [-0.05, 0) is 39.3 Å². The summed E-state index contributed by atoms with van der Waals surface area (Å²) in [4.78, 5) is 4.33. The van der Waals surface area contributed by atoms with Gasteiger partial charge in [0.15, 0.2) is 0 Å². The van der Waals surface area contributed by atoms with Crippen molar-refractivity contribution in [2.45, 2.75) is 39.3 Å². The van der Waals surface area contributed by atoms with Crippen LogP contribution >= 0.6 is 0 Å². The molecule has 0 saturated carbocycles. The first-order valence-electron chi connectivity index (χ1n) is 4.96. The number of rotatable bonds is 4. The fraction of sp³-hybridized carbons (Fsp3) is 0.545. The van der Waals surface area contributed by atoms with Gasteiger partial charge in [0.2, 0.25) is 0 Å². The van der Waals surface area contributed by atoms with Gasteiger partial charge < -0.3 is 10.4 Å². The van der Waals surface area contributed by atoms with Crippen molar-refractivity contribution in [3.05, 3.63) is 23.9 Å². The highest BCUT2D eigenvalue weighted by molar-refractivity contribution is 5.35. The Hall–Kier alpha value is -1.09. The van der Waals surface area contributed by atoms with Gasteiger partial charge >= 0.3 is 0 Å². The number of aryl methyl sites for hydroxylation is 1. The third kappa shape index (κ3) is 3.75. The lowest BCUT2D eigenvalue weighted by molar-refractivity contribution is 0.179. The molecule has 0 aliphatic rings. The van der Waals surface area contributed by atoms with E-state index in [1.165, 1.54) is 0 Å². The van der Waals surface area contributed by atoms with E-state index < -0.39 is 0 Å². The van der Waals surface area contributed by atoms with Crippen LogP contribution in [0.25, 0.3) is 0 Å². The van der Waals surface area contributed by atoms with Crippen molar-refractivity contribution in [2.75, 3.05) is 5.32 Å². The summed E-state index contributed by atoms with van der Waals surface area (Å²) >= 11 is 0. The van der Waals surface area contributed by atoms with Gasteiger partial charge in [0.25, 0.3) is 0 Å². The van der Waals surface area contributed by atoms with Crippen molar-refractivity contribution in [2.24, 2.45) is 0 Å². The van der Waals surface area contributed by atoms with E-state index in [-0.39, 0.29) is 12.1 Å². The number of nitrogens with one attached hydrogen (secondary N) is 1. The molecule has 1 rings (SSSR count). The standard InChI is InChI=1S/C11H18N2O/c1-8-5-4-6-11(12-8)13-9(2)7-10(3)14/h4-6,9-10,14H,7H2,1-3H3,(H,12,13). The zero-order valence-corrected chi connectivity index (χ0v) is 8.99. The lowest BCUT2D eigenvalue weighted by atomic mass is 10.1. The van der Waals surface area contributed by atoms with E-state index in [0.29, 0.717) is 0 Å². The number of pyridine rings is 1. The highest BCUT2D eigenvalue weighted by Gasteiger charge is 2.05. The zero-order valence-electron chi connectivity index (χ0n) is 8.99. The Balaban J connectivity index is 2.51. The monoisotopic (exact) mass is 194 g/mol. The first-order chi connectivity index (χ1) is 6.58. The second-order valence-corrected chi connectivity index (χ2v) is 3.79. The molecule has 3 heteroatoms. The van der Waals surface area contributed by atoms with Crippen molar-refractivity contribution in [3.8, 4) is 0 Å². The molecule has 14 heavy (non-hydrogen) atoms. The first-order valence-corrected chi connectivity index (χ1v) is 4.96. The van der Waals surface area contributed by atoms with Gasteiger partial charge in [-0.15, -0.1) is 0 Å². The molecule has 3 nitrogen and oxygen atoms in total. The van der Waals surface area contributed by atoms with Crippen molar-refractivity contribution >= 4 is 5.82 Å². The molecule has 0 aromatic carbocycles. The minimum Gasteiger partial charge on any atom is -0.393 e. The number of aliphatic hydroxyl groups is 1. The molecular weight excluding hydrogens is 176 g/mol. The normalized spacial score (nSPS) is 14.9. The molecule has 1 heterocycles. The van der Waals surface area contributed by atoms with Crippen molar-refractivity contribution < 1.29 is 5.11 Å². The Labute approximate surface area is 85.2 Å². The summed E-state index contributed by atoms with van der Waals surface area (Å²) < 4.78 is 0. The molecule has 2 atom stereocenters. The minimum absolute atomic E-state index is 0.240. The molecular formula is C11H18N2O. The van der Waals surface area contributed by atoms with Gasteiger partial charge in [-0.25, -0.2) is 4.98 Å². The van der Waals surface area contributed by atoms with Crippen LogP contribution in [0.2, 0.25) is 0 Å². The minimum atomic E-state index is -0.276. The van der Waals surface area contributed by atoms with E-state index in [1.807, 2.05) is 32.0 Å². The number of aliphatic hydroxyl groups excluding tert-OH is 1. The summed E-state index contributed by atoms with van der Waals surface area (Å²) in [5.41, 5.74) is 0.999. The Bertz CT molecular complexity index is 286. The molecule has 2 unspecified atom stereocenters. The average molecular weight is 194 g/mol. The lowest BCUT2D eigenvalue weighted by Gasteiger charge is -2.15. The van der Waals surface area contributed by atoms with E-state index >= 15 is 0 Å². The second kappa shape index (κ2) is 4.96. The molecule has 0 aliphatic heterocycles. The average Bonchev–Trinajstić information content (AvgIpc) is 2.01. The fourth-order valence-corrected chi connectivity index (χ4v) is 1.45. The van der Waals surface area contributed by atoms with Crippen LogP contribution in [0.15, 0.2) is 18.2 Å². The summed E-state index contributed by atoms with van der Waals surface area (Å²) in [6, 6.07) is 6.11. The maximum absolute atomic E-state index is 9.19. The molecule has 0 spiro atoms. The van der Waals surface area contributed by atoms with Crippen molar-refractivity contribution in [1.29, 1.82) is 0 Å². The number of aromatic nitrogens is 1. The number of nitrogens with zero attached hydrogens (tertiary/aromatic N) is 1. The Morgan fingerprint density at radius 2 is 2.14 bits per heavy atom. The molecule has 1 aromatic rings. The number of hydrogen-bond donors (Lipinski definition) is 2. The highest BCUT2D eigenvalue weighted by Crippen LogP contribution is 2.08. The van der Waals surface area contributed by atoms with Gasteiger partial charge in [-0.3, -0.25) is 0 Å². The number of hydrogen-bond acceptors (Lipinski definition) is 3. The lowest BCUT2D eigenvalue weighted by Crippen LogP contribution is -2.21. The van der Waals surface area contributed by atoms with E-state index in [2.05, 4.69) is 10.3 Å². The van der Waals surface area contributed by atoms with Crippen LogP contribution in [0, 0.1) is 6.92 Å². The molecule has 0 bridgehead atoms. The fourth-order valence-electron chi connectivity index (χ4n) is 1.45. The van der Waals surface area contributed by atoms with Gasteiger partial charge in [0.1, 0.15) is 5.82 Å². The summed E-state index contributed by atoms with van der Waals surface area (Å²) in [5, 5.41) is 12.4. The molecule has 1 aromatic heterocycles. The number of anilines is 1. The Morgan fingerprint density at radius 3 is 2.71 bits per heavy atom. The van der Waals surface area contributed by atoms with E-state index in [4.69, 9.17) is 0 Å². The van der Waals surface area contributed by atoms with Crippen LogP contribution in [0.3, 0.4) is 0 Å². The quantitative estimate of drug-likeness (QED) is 0.770. The van der Waals surface area contributed by atoms with E-state index in [1.54, 1.807) is 6.92 Å². The second-order valence-electron chi connectivity index (χ2n) is 3.79. The van der Waals surface area contributed by atoms with E-state index in [9.17, 15) is 5.11 Å². The zero-order chi connectivity index (χ0) is 10.6. The van der Waals surface area contributed by atoms with Gasteiger partial charge in [0.05, 0.1) is 6.10 Å². The Kier molecular flexibility index (Phi) is 3.89. The van der Waals surface area contributed by atoms with Gasteiger partial charge in [-0.1, -0.05) is 6.07 Å². The summed E-state index contributed by atoms with van der Waals surface area (Å²) in [7, 11) is 0. The molecule has 0 aliphatic carbocycles. The van der Waals surface area contributed by atoms with Gasteiger partial charge in [-0.2, -0.15) is 0 Å². The van der Waals surface area contributed by atoms with Crippen LogP contribution in [0.1, 0.15) is 26.0 Å². The third-order valence-corrected chi connectivity index (χ3v) is 1.98. The molecule has 78 valence electrons. The molecule has 0 fully saturated rings. The first kappa shape index (κ1) is 11.0. The third-order valence-electron chi connectivity index (χ3n) is 1.98. The molecule has 0 saturated heterocycles. The summed E-state index contributed by atoms with van der Waals surface area (Å²) in [6.45, 7) is 5.79. The largest absolute Gasteiger partial charge is 0.393 e. The summed E-state index contributed by atoms with van der Waals surface area (Å²) in [5.74, 6) is 0.873. The maximum atomic E-state index is 9.19. The maximum Gasteiger partial charge on any atom is 0.126 e. The van der Waals surface area contributed by atoms with Gasteiger partial charge in [0, 0.05) is 11.7 Å². The van der Waals surface area contributed by atoms with Crippen LogP contribution < -0.4 is 5.32 Å². The van der Waals surface area contributed by atoms with E-state index in [0.717, 1.165) is 17.9 Å². The predicted molar refractivity (Wildman–Crippen MR) is 58.4 cm³/mol. The SMILES string of the molecule is Cc1cccc(NC(C)CC(C)O)n1. The van der Waals surface area contributed by atoms with Crippen molar-refractivity contribution in [3.63, 3.8) is 0 Å².